The lowest BCUT2D eigenvalue weighted by Gasteiger charge is -2.35. The average Bonchev–Trinajstić information content (AvgIpc) is 2.96. The molecule has 3 rings (SSSR count). The van der Waals surface area contributed by atoms with Gasteiger partial charge < -0.3 is 20.7 Å². The molecule has 0 aliphatic carbocycles. The number of anilines is 1. The van der Waals surface area contributed by atoms with E-state index in [2.05, 4.69) is 5.32 Å². The van der Waals surface area contributed by atoms with Crippen LogP contribution in [0.4, 0.5) is 14.5 Å². The Morgan fingerprint density at radius 2 is 1.92 bits per heavy atom. The molecule has 3 N–H and O–H groups in total. The molecule has 1 atom stereocenters. The number of nitrogens with one attached hydrogen (secondary N) is 1. The third-order valence-corrected chi connectivity index (χ3v) is 5.04. The molecule has 144 valence electrons. The van der Waals surface area contributed by atoms with E-state index in [1.165, 1.54) is 6.07 Å². The van der Waals surface area contributed by atoms with Crippen molar-refractivity contribution in [2.75, 3.05) is 31.2 Å². The zero-order valence-electron chi connectivity index (χ0n) is 14.2. The van der Waals surface area contributed by atoms with Crippen LogP contribution in [0.2, 0.25) is 0 Å². The van der Waals surface area contributed by atoms with E-state index >= 15 is 0 Å². The molecule has 1 aromatic carbocycles. The minimum Gasteiger partial charge on any atom is -0.381 e. The number of para-hydroxylation sites is 1. The molecule has 0 aromatic heterocycles. The molecule has 0 spiro atoms. The van der Waals surface area contributed by atoms with Crippen molar-refractivity contribution < 1.29 is 23.1 Å². The standard InChI is InChI=1S/C17H21F2N3O3.ClH/c18-11-2-1-3-12(19)14(11)22-7-4-13(15(22)23)21-16(24)17(10-20)5-8-25-9-6-17;/h1-3,13H,4-10,20H2,(H,21,24);1H. The smallest absolute Gasteiger partial charge is 0.249 e. The highest BCUT2D eigenvalue weighted by Crippen LogP contribution is 2.31. The minimum absolute atomic E-state index is 0. The number of hydrogen-bond acceptors (Lipinski definition) is 4. The zero-order chi connectivity index (χ0) is 18.0. The summed E-state index contributed by atoms with van der Waals surface area (Å²) in [6.45, 7) is 1.18. The molecule has 6 nitrogen and oxygen atoms in total. The van der Waals surface area contributed by atoms with Crippen LogP contribution in [0.15, 0.2) is 18.2 Å². The Morgan fingerprint density at radius 3 is 2.50 bits per heavy atom. The SMILES string of the molecule is Cl.NCC1(C(=O)NC2CCN(c3c(F)cccc3F)C2=O)CCOCC1. The highest BCUT2D eigenvalue weighted by atomic mass is 35.5. The summed E-state index contributed by atoms with van der Waals surface area (Å²) in [6, 6.07) is 2.63. The first kappa shape index (κ1) is 20.5. The number of amides is 2. The normalized spacial score (nSPS) is 22.0. The van der Waals surface area contributed by atoms with Gasteiger partial charge in [0.15, 0.2) is 0 Å². The molecule has 2 saturated heterocycles. The Balaban J connectivity index is 0.00000243. The Bertz CT molecular complexity index is 663. The van der Waals surface area contributed by atoms with E-state index in [1.54, 1.807) is 0 Å². The molecule has 2 amide bonds. The van der Waals surface area contributed by atoms with E-state index in [0.29, 0.717) is 26.1 Å². The molecule has 2 fully saturated rings. The van der Waals surface area contributed by atoms with E-state index < -0.39 is 29.0 Å². The van der Waals surface area contributed by atoms with Crippen LogP contribution in [0.3, 0.4) is 0 Å². The number of ether oxygens (including phenoxy) is 1. The molecule has 2 aliphatic rings. The van der Waals surface area contributed by atoms with Crippen molar-refractivity contribution in [1.29, 1.82) is 0 Å². The van der Waals surface area contributed by atoms with Gasteiger partial charge in [0.1, 0.15) is 23.4 Å². The molecule has 26 heavy (non-hydrogen) atoms. The lowest BCUT2D eigenvalue weighted by Crippen LogP contribution is -2.53. The maximum absolute atomic E-state index is 13.9. The van der Waals surface area contributed by atoms with Crippen LogP contribution in [-0.4, -0.2) is 44.2 Å². The molecule has 1 unspecified atom stereocenters. The monoisotopic (exact) mass is 389 g/mol. The number of nitrogens with two attached hydrogens (primary N) is 1. The second-order valence-corrected chi connectivity index (χ2v) is 6.47. The second-order valence-electron chi connectivity index (χ2n) is 6.47. The van der Waals surface area contributed by atoms with Crippen molar-refractivity contribution >= 4 is 29.9 Å². The number of rotatable bonds is 4. The number of carbonyl (C=O) groups excluding carboxylic acids is 2. The van der Waals surface area contributed by atoms with Crippen LogP contribution >= 0.6 is 12.4 Å². The van der Waals surface area contributed by atoms with Crippen molar-refractivity contribution in [2.45, 2.75) is 25.3 Å². The molecule has 1 aromatic rings. The Labute approximate surface area is 156 Å². The maximum Gasteiger partial charge on any atom is 0.249 e. The van der Waals surface area contributed by atoms with Gasteiger partial charge in [0.2, 0.25) is 11.8 Å². The topological polar surface area (TPSA) is 84.7 Å². The number of nitrogens with zero attached hydrogens (tertiary/aromatic N) is 1. The summed E-state index contributed by atoms with van der Waals surface area (Å²) in [6.07, 6.45) is 1.26. The Hall–Kier alpha value is -1.77. The average molecular weight is 390 g/mol. The van der Waals surface area contributed by atoms with Gasteiger partial charge in [-0.25, -0.2) is 8.78 Å². The highest BCUT2D eigenvalue weighted by molar-refractivity contribution is 6.02. The van der Waals surface area contributed by atoms with Crippen LogP contribution in [-0.2, 0) is 14.3 Å². The predicted octanol–water partition coefficient (Wildman–Crippen LogP) is 1.36. The van der Waals surface area contributed by atoms with Gasteiger partial charge in [-0.05, 0) is 31.4 Å². The fourth-order valence-electron chi connectivity index (χ4n) is 3.38. The van der Waals surface area contributed by atoms with Crippen LogP contribution in [0.1, 0.15) is 19.3 Å². The summed E-state index contributed by atoms with van der Waals surface area (Å²) in [7, 11) is 0. The molecule has 0 radical (unpaired) electrons. The molecular formula is C17H22ClF2N3O3. The largest absolute Gasteiger partial charge is 0.381 e. The third kappa shape index (κ3) is 3.67. The van der Waals surface area contributed by atoms with Crippen molar-refractivity contribution in [3.05, 3.63) is 29.8 Å². The van der Waals surface area contributed by atoms with Crippen LogP contribution in [0, 0.1) is 17.0 Å². The summed E-state index contributed by atoms with van der Waals surface area (Å²) >= 11 is 0. The van der Waals surface area contributed by atoms with E-state index in [-0.39, 0.29) is 43.5 Å². The molecular weight excluding hydrogens is 368 g/mol. The fraction of sp³-hybridized carbons (Fsp3) is 0.529. The molecule has 2 heterocycles. The van der Waals surface area contributed by atoms with Crippen molar-refractivity contribution in [2.24, 2.45) is 11.1 Å². The first-order valence-corrected chi connectivity index (χ1v) is 8.33. The van der Waals surface area contributed by atoms with Gasteiger partial charge in [0.05, 0.1) is 5.41 Å². The third-order valence-electron chi connectivity index (χ3n) is 5.04. The lowest BCUT2D eigenvalue weighted by molar-refractivity contribution is -0.138. The van der Waals surface area contributed by atoms with Gasteiger partial charge in [-0.3, -0.25) is 9.59 Å². The van der Waals surface area contributed by atoms with Crippen LogP contribution in [0.25, 0.3) is 0 Å². The minimum atomic E-state index is -0.808. The van der Waals surface area contributed by atoms with Crippen molar-refractivity contribution in [3.8, 4) is 0 Å². The summed E-state index contributed by atoms with van der Waals surface area (Å²) < 4.78 is 33.1. The van der Waals surface area contributed by atoms with E-state index in [9.17, 15) is 18.4 Å². The number of benzene rings is 1. The van der Waals surface area contributed by atoms with Crippen LogP contribution in [0.5, 0.6) is 0 Å². The highest BCUT2D eigenvalue weighted by Gasteiger charge is 2.43. The Morgan fingerprint density at radius 1 is 1.31 bits per heavy atom. The van der Waals surface area contributed by atoms with E-state index in [4.69, 9.17) is 10.5 Å². The Kier molecular flexibility index (Phi) is 6.54. The van der Waals surface area contributed by atoms with Gasteiger partial charge >= 0.3 is 0 Å². The molecule has 2 aliphatic heterocycles. The second kappa shape index (κ2) is 8.28. The first-order chi connectivity index (χ1) is 12.0. The van der Waals surface area contributed by atoms with E-state index in [0.717, 1.165) is 17.0 Å². The zero-order valence-corrected chi connectivity index (χ0v) is 15.0. The lowest BCUT2D eigenvalue weighted by atomic mass is 9.79. The number of carbonyl (C=O) groups is 2. The van der Waals surface area contributed by atoms with Crippen molar-refractivity contribution in [3.63, 3.8) is 0 Å². The molecule has 0 bridgehead atoms. The fourth-order valence-corrected chi connectivity index (χ4v) is 3.38. The van der Waals surface area contributed by atoms with Gasteiger partial charge in [-0.15, -0.1) is 12.4 Å². The van der Waals surface area contributed by atoms with Crippen LogP contribution < -0.4 is 16.0 Å². The maximum atomic E-state index is 13.9. The molecule has 9 heteroatoms. The summed E-state index contributed by atoms with van der Waals surface area (Å²) in [5.74, 6) is -2.42. The number of hydrogen-bond donors (Lipinski definition) is 2. The predicted molar refractivity (Wildman–Crippen MR) is 94.0 cm³/mol. The van der Waals surface area contributed by atoms with Crippen molar-refractivity contribution in [1.82, 2.24) is 5.32 Å². The summed E-state index contributed by atoms with van der Waals surface area (Å²) in [4.78, 5) is 26.3. The van der Waals surface area contributed by atoms with Gasteiger partial charge in [-0.2, -0.15) is 0 Å². The molecule has 0 saturated carbocycles. The van der Waals surface area contributed by atoms with Gasteiger partial charge in [0, 0.05) is 26.3 Å². The summed E-state index contributed by atoms with van der Waals surface area (Å²) in [5.41, 5.74) is 4.67. The van der Waals surface area contributed by atoms with Gasteiger partial charge in [-0.1, -0.05) is 6.07 Å². The van der Waals surface area contributed by atoms with E-state index in [1.807, 2.05) is 0 Å². The number of halogens is 3. The van der Waals surface area contributed by atoms with Gasteiger partial charge in [0.25, 0.3) is 0 Å². The first-order valence-electron chi connectivity index (χ1n) is 8.33. The summed E-state index contributed by atoms with van der Waals surface area (Å²) in [5, 5.41) is 2.72. The quantitative estimate of drug-likeness (QED) is 0.814.